The van der Waals surface area contributed by atoms with E-state index >= 15 is 0 Å². The van der Waals surface area contributed by atoms with Gasteiger partial charge in [-0.3, -0.25) is 15.0 Å². The Balaban J connectivity index is 1.34. The molecule has 2 heterocycles. The molecule has 1 aliphatic rings. The SMILES string of the molecule is COc1ccc(-c2ccccc2)c2sc(NC(=O)c3ccc(CN4CCCNCC4)cc3)nc12. The van der Waals surface area contributed by atoms with Crippen LogP contribution in [-0.2, 0) is 6.54 Å². The molecule has 1 fully saturated rings. The van der Waals surface area contributed by atoms with Gasteiger partial charge in [0, 0.05) is 30.8 Å². The molecule has 4 aromatic rings. The fourth-order valence-corrected chi connectivity index (χ4v) is 5.31. The van der Waals surface area contributed by atoms with E-state index < -0.39 is 0 Å². The Morgan fingerprint density at radius 3 is 2.68 bits per heavy atom. The summed E-state index contributed by atoms with van der Waals surface area (Å²) in [6.45, 7) is 5.17. The summed E-state index contributed by atoms with van der Waals surface area (Å²) in [6, 6.07) is 22.0. The van der Waals surface area contributed by atoms with Crippen LogP contribution >= 0.6 is 11.3 Å². The van der Waals surface area contributed by atoms with Crippen LogP contribution in [0.15, 0.2) is 66.7 Å². The van der Waals surface area contributed by atoms with E-state index in [0.717, 1.165) is 54.1 Å². The summed E-state index contributed by atoms with van der Waals surface area (Å²) in [5, 5.41) is 6.97. The molecule has 3 aromatic carbocycles. The van der Waals surface area contributed by atoms with Crippen LogP contribution in [0.2, 0.25) is 0 Å². The van der Waals surface area contributed by atoms with E-state index in [2.05, 4.69) is 32.7 Å². The number of methoxy groups -OCH3 is 1. The van der Waals surface area contributed by atoms with Crippen LogP contribution < -0.4 is 15.4 Å². The van der Waals surface area contributed by atoms with E-state index in [1.54, 1.807) is 7.11 Å². The second-order valence-corrected chi connectivity index (χ2v) is 9.41. The van der Waals surface area contributed by atoms with Crippen LogP contribution in [0.5, 0.6) is 5.75 Å². The van der Waals surface area contributed by atoms with E-state index in [1.165, 1.54) is 23.3 Å². The summed E-state index contributed by atoms with van der Waals surface area (Å²) in [5.74, 6) is 0.532. The molecule has 1 aromatic heterocycles. The third-order valence-electron chi connectivity index (χ3n) is 6.09. The van der Waals surface area contributed by atoms with Crippen molar-refractivity contribution in [3.63, 3.8) is 0 Å². The van der Waals surface area contributed by atoms with Crippen LogP contribution in [0.25, 0.3) is 21.3 Å². The number of thiazole rings is 1. The van der Waals surface area contributed by atoms with Crippen LogP contribution in [0.3, 0.4) is 0 Å². The number of aromatic nitrogens is 1. The molecule has 0 bridgehead atoms. The number of hydrogen-bond acceptors (Lipinski definition) is 6. The topological polar surface area (TPSA) is 66.5 Å². The molecule has 0 saturated carbocycles. The number of rotatable bonds is 6. The van der Waals surface area contributed by atoms with Crippen molar-refractivity contribution in [3.8, 4) is 16.9 Å². The lowest BCUT2D eigenvalue weighted by Crippen LogP contribution is -2.27. The summed E-state index contributed by atoms with van der Waals surface area (Å²) in [4.78, 5) is 20.1. The standard InChI is InChI=1S/C27H28N4O2S/c1-33-23-13-12-22(20-6-3-2-4-7-20)25-24(23)29-27(34-25)30-26(32)21-10-8-19(9-11-21)18-31-16-5-14-28-15-17-31/h2-4,6-13,28H,5,14-18H2,1H3,(H,29,30,32). The Kier molecular flexibility index (Phi) is 6.85. The highest BCUT2D eigenvalue weighted by atomic mass is 32.1. The molecular weight excluding hydrogens is 444 g/mol. The largest absolute Gasteiger partial charge is 0.494 e. The molecule has 0 aliphatic carbocycles. The average Bonchev–Trinajstić information content (AvgIpc) is 3.12. The van der Waals surface area contributed by atoms with Crippen LogP contribution in [0.4, 0.5) is 5.13 Å². The van der Waals surface area contributed by atoms with E-state index in [0.29, 0.717) is 16.4 Å². The van der Waals surface area contributed by atoms with Gasteiger partial charge < -0.3 is 10.1 Å². The van der Waals surface area contributed by atoms with Crippen molar-refractivity contribution in [1.29, 1.82) is 0 Å². The van der Waals surface area contributed by atoms with E-state index in [4.69, 9.17) is 4.74 Å². The van der Waals surface area contributed by atoms with Gasteiger partial charge in [-0.2, -0.15) is 0 Å². The molecule has 7 heteroatoms. The first-order valence-corrected chi connectivity index (χ1v) is 12.4. The summed E-state index contributed by atoms with van der Waals surface area (Å²) < 4.78 is 6.52. The third-order valence-corrected chi connectivity index (χ3v) is 7.09. The van der Waals surface area contributed by atoms with Crippen molar-refractivity contribution in [2.45, 2.75) is 13.0 Å². The Labute approximate surface area is 203 Å². The number of hydrogen-bond donors (Lipinski definition) is 2. The quantitative estimate of drug-likeness (QED) is 0.413. The minimum Gasteiger partial charge on any atom is -0.494 e. The predicted molar refractivity (Wildman–Crippen MR) is 139 cm³/mol. The molecule has 2 N–H and O–H groups in total. The molecular formula is C27H28N4O2S. The molecule has 0 spiro atoms. The molecule has 6 nitrogen and oxygen atoms in total. The molecule has 174 valence electrons. The maximum Gasteiger partial charge on any atom is 0.257 e. The van der Waals surface area contributed by atoms with Crippen molar-refractivity contribution in [1.82, 2.24) is 15.2 Å². The number of benzene rings is 3. The molecule has 1 aliphatic heterocycles. The van der Waals surface area contributed by atoms with Gasteiger partial charge in [-0.25, -0.2) is 4.98 Å². The summed E-state index contributed by atoms with van der Waals surface area (Å²) in [6.07, 6.45) is 1.17. The number of nitrogens with zero attached hydrogens (tertiary/aromatic N) is 2. The van der Waals surface area contributed by atoms with Gasteiger partial charge in [-0.15, -0.1) is 0 Å². The zero-order valence-corrected chi connectivity index (χ0v) is 20.0. The Bertz CT molecular complexity index is 1260. The smallest absolute Gasteiger partial charge is 0.257 e. The fraction of sp³-hybridized carbons (Fsp3) is 0.259. The van der Waals surface area contributed by atoms with Crippen molar-refractivity contribution in [3.05, 3.63) is 77.9 Å². The second-order valence-electron chi connectivity index (χ2n) is 8.41. The molecule has 0 atom stereocenters. The number of nitrogens with one attached hydrogen (secondary N) is 2. The zero-order chi connectivity index (χ0) is 23.3. The highest BCUT2D eigenvalue weighted by Gasteiger charge is 2.16. The summed E-state index contributed by atoms with van der Waals surface area (Å²) in [7, 11) is 1.64. The van der Waals surface area contributed by atoms with Gasteiger partial charge in [0.25, 0.3) is 5.91 Å². The first kappa shape index (κ1) is 22.5. The van der Waals surface area contributed by atoms with Gasteiger partial charge in [0.05, 0.1) is 11.8 Å². The highest BCUT2D eigenvalue weighted by molar-refractivity contribution is 7.23. The number of ether oxygens (including phenoxy) is 1. The van der Waals surface area contributed by atoms with Crippen LogP contribution in [0, 0.1) is 0 Å². The Morgan fingerprint density at radius 1 is 1.06 bits per heavy atom. The van der Waals surface area contributed by atoms with Crippen molar-refractivity contribution in [2.75, 3.05) is 38.6 Å². The minimum atomic E-state index is -0.162. The van der Waals surface area contributed by atoms with Crippen LogP contribution in [-0.4, -0.2) is 49.1 Å². The lowest BCUT2D eigenvalue weighted by atomic mass is 10.1. The number of anilines is 1. The number of fused-ring (bicyclic) bond motifs is 1. The molecule has 0 radical (unpaired) electrons. The normalized spacial score (nSPS) is 14.6. The fourth-order valence-electron chi connectivity index (χ4n) is 4.30. The highest BCUT2D eigenvalue weighted by Crippen LogP contribution is 2.39. The first-order valence-electron chi connectivity index (χ1n) is 11.6. The minimum absolute atomic E-state index is 0.162. The summed E-state index contributed by atoms with van der Waals surface area (Å²) >= 11 is 1.46. The maximum atomic E-state index is 13.0. The maximum absolute atomic E-state index is 13.0. The lowest BCUT2D eigenvalue weighted by molar-refractivity contribution is 0.102. The van der Waals surface area contributed by atoms with Gasteiger partial charge in [0.15, 0.2) is 5.13 Å². The van der Waals surface area contributed by atoms with E-state index in [-0.39, 0.29) is 5.91 Å². The monoisotopic (exact) mass is 472 g/mol. The summed E-state index contributed by atoms with van der Waals surface area (Å²) in [5.41, 5.74) is 4.77. The van der Waals surface area contributed by atoms with E-state index in [9.17, 15) is 4.79 Å². The molecule has 0 unspecified atom stereocenters. The molecule has 5 rings (SSSR count). The van der Waals surface area contributed by atoms with Gasteiger partial charge in [-0.1, -0.05) is 53.8 Å². The third kappa shape index (κ3) is 4.97. The number of carbonyl (C=O) groups excluding carboxylic acids is 1. The lowest BCUT2D eigenvalue weighted by Gasteiger charge is -2.19. The zero-order valence-electron chi connectivity index (χ0n) is 19.2. The number of amides is 1. The average molecular weight is 473 g/mol. The van der Waals surface area contributed by atoms with Gasteiger partial charge in [0.1, 0.15) is 11.3 Å². The van der Waals surface area contributed by atoms with Gasteiger partial charge in [0.2, 0.25) is 0 Å². The van der Waals surface area contributed by atoms with Gasteiger partial charge in [-0.05, 0) is 54.9 Å². The van der Waals surface area contributed by atoms with Crippen molar-refractivity contribution < 1.29 is 9.53 Å². The predicted octanol–water partition coefficient (Wildman–Crippen LogP) is 5.02. The second kappa shape index (κ2) is 10.3. The van der Waals surface area contributed by atoms with Crippen LogP contribution in [0.1, 0.15) is 22.3 Å². The van der Waals surface area contributed by atoms with E-state index in [1.807, 2.05) is 54.6 Å². The van der Waals surface area contributed by atoms with Crippen molar-refractivity contribution in [2.24, 2.45) is 0 Å². The van der Waals surface area contributed by atoms with Gasteiger partial charge >= 0.3 is 0 Å². The molecule has 1 saturated heterocycles. The Morgan fingerprint density at radius 2 is 1.88 bits per heavy atom. The Hall–Kier alpha value is -3.26. The van der Waals surface area contributed by atoms with Crippen molar-refractivity contribution >= 4 is 32.6 Å². The number of carbonyl (C=O) groups is 1. The first-order chi connectivity index (χ1) is 16.7. The molecule has 34 heavy (non-hydrogen) atoms. The molecule has 1 amide bonds.